The quantitative estimate of drug-likeness (QED) is 0.281. The minimum atomic E-state index is -0.546. The van der Waals surface area contributed by atoms with Gasteiger partial charge >= 0.3 is 0 Å². The van der Waals surface area contributed by atoms with Crippen LogP contribution in [0.5, 0.6) is 11.5 Å². The highest BCUT2D eigenvalue weighted by Gasteiger charge is 2.23. The summed E-state index contributed by atoms with van der Waals surface area (Å²) in [7, 11) is 0. The number of carbonyl (C=O) groups excluding carboxylic acids is 1. The first-order chi connectivity index (χ1) is 15.5. The van der Waals surface area contributed by atoms with E-state index in [1.807, 2.05) is 37.3 Å². The lowest BCUT2D eigenvalue weighted by atomic mass is 10.1. The van der Waals surface area contributed by atoms with E-state index in [2.05, 4.69) is 15.6 Å². The maximum Gasteiger partial charge on any atom is 0.282 e. The molecule has 0 saturated carbocycles. The molecule has 2 aromatic carbocycles. The molecule has 1 N–H and O–H groups in total. The standard InChI is InChI=1S/C21H15N5O5S/c1-12-15-8-19(32-21(15)25(24-12)14-5-3-2-4-6-14)20(27)23-22-10-13-7-17-18(31-11-30-17)9-16(13)26(28)29/h2-10H,11H2,1H3,(H,23,27)/b22-10-. The normalized spacial score (nSPS) is 12.5. The van der Waals surface area contributed by atoms with E-state index in [4.69, 9.17) is 9.47 Å². The molecule has 0 aliphatic carbocycles. The molecule has 160 valence electrons. The maximum atomic E-state index is 12.6. The third kappa shape index (κ3) is 3.44. The molecule has 1 aliphatic heterocycles. The number of rotatable bonds is 5. The Morgan fingerprint density at radius 3 is 2.75 bits per heavy atom. The molecule has 0 radical (unpaired) electrons. The molecule has 10 nitrogen and oxygen atoms in total. The summed E-state index contributed by atoms with van der Waals surface area (Å²) in [5.74, 6) is 0.254. The number of fused-ring (bicyclic) bond motifs is 2. The molecule has 0 fully saturated rings. The summed E-state index contributed by atoms with van der Waals surface area (Å²) < 4.78 is 12.2. The van der Waals surface area contributed by atoms with Gasteiger partial charge in [0.05, 0.1) is 39.0 Å². The molecule has 32 heavy (non-hydrogen) atoms. The van der Waals surface area contributed by atoms with Gasteiger partial charge in [-0.2, -0.15) is 10.2 Å². The number of para-hydroxylation sites is 1. The maximum absolute atomic E-state index is 12.6. The van der Waals surface area contributed by atoms with Gasteiger partial charge < -0.3 is 9.47 Å². The zero-order valence-corrected chi connectivity index (χ0v) is 17.5. The van der Waals surface area contributed by atoms with Gasteiger partial charge in [-0.15, -0.1) is 11.3 Å². The minimum absolute atomic E-state index is 0.00438. The van der Waals surface area contributed by atoms with E-state index < -0.39 is 10.8 Å². The van der Waals surface area contributed by atoms with Gasteiger partial charge in [0.1, 0.15) is 4.83 Å². The van der Waals surface area contributed by atoms with Gasteiger partial charge in [0.2, 0.25) is 6.79 Å². The monoisotopic (exact) mass is 449 g/mol. The molecule has 2 aromatic heterocycles. The number of benzene rings is 2. The first-order valence-electron chi connectivity index (χ1n) is 9.47. The van der Waals surface area contributed by atoms with Crippen molar-refractivity contribution in [1.29, 1.82) is 0 Å². The molecule has 5 rings (SSSR count). The van der Waals surface area contributed by atoms with E-state index >= 15 is 0 Å². The van der Waals surface area contributed by atoms with Crippen molar-refractivity contribution in [3.8, 4) is 17.2 Å². The predicted octanol–water partition coefficient (Wildman–Crippen LogP) is 3.80. The smallest absolute Gasteiger partial charge is 0.282 e. The number of hydrazone groups is 1. The van der Waals surface area contributed by atoms with Crippen molar-refractivity contribution >= 4 is 39.4 Å². The highest BCUT2D eigenvalue weighted by molar-refractivity contribution is 7.20. The average molecular weight is 449 g/mol. The number of nitro groups is 1. The number of nitrogens with one attached hydrogen (secondary N) is 1. The third-order valence-electron chi connectivity index (χ3n) is 4.86. The highest BCUT2D eigenvalue weighted by atomic mass is 32.1. The summed E-state index contributed by atoms with van der Waals surface area (Å²) in [5, 5.41) is 20.7. The molecule has 0 unspecified atom stereocenters. The fourth-order valence-corrected chi connectivity index (χ4v) is 4.40. The zero-order valence-electron chi connectivity index (χ0n) is 16.6. The Hall–Kier alpha value is -4.25. The lowest BCUT2D eigenvalue weighted by molar-refractivity contribution is -0.385. The van der Waals surface area contributed by atoms with Gasteiger partial charge in [-0.05, 0) is 31.2 Å². The average Bonchev–Trinajstić information content (AvgIpc) is 3.50. The molecule has 0 saturated heterocycles. The van der Waals surface area contributed by atoms with Crippen molar-refractivity contribution in [3.63, 3.8) is 0 Å². The number of amides is 1. The van der Waals surface area contributed by atoms with Crippen LogP contribution in [-0.2, 0) is 0 Å². The Morgan fingerprint density at radius 2 is 2.00 bits per heavy atom. The van der Waals surface area contributed by atoms with Gasteiger partial charge in [-0.3, -0.25) is 14.9 Å². The molecular formula is C21H15N5O5S. The lowest BCUT2D eigenvalue weighted by Gasteiger charge is -2.01. The van der Waals surface area contributed by atoms with Crippen LogP contribution in [0.4, 0.5) is 5.69 Å². The summed E-state index contributed by atoms with van der Waals surface area (Å²) in [6.07, 6.45) is 1.21. The van der Waals surface area contributed by atoms with Crippen molar-refractivity contribution in [1.82, 2.24) is 15.2 Å². The van der Waals surface area contributed by atoms with Crippen molar-refractivity contribution < 1.29 is 19.2 Å². The topological polar surface area (TPSA) is 121 Å². The van der Waals surface area contributed by atoms with Crippen LogP contribution >= 0.6 is 11.3 Å². The first kappa shape index (κ1) is 19.7. The molecule has 11 heteroatoms. The van der Waals surface area contributed by atoms with E-state index in [1.54, 1.807) is 10.7 Å². The molecule has 0 bridgehead atoms. The van der Waals surface area contributed by atoms with Crippen LogP contribution in [0.1, 0.15) is 20.9 Å². The summed E-state index contributed by atoms with van der Waals surface area (Å²) in [6.45, 7) is 1.88. The van der Waals surface area contributed by atoms with Crippen LogP contribution < -0.4 is 14.9 Å². The highest BCUT2D eigenvalue weighted by Crippen LogP contribution is 2.37. The Bertz CT molecular complexity index is 1390. The Kier molecular flexibility index (Phi) is 4.79. The number of nitrogens with zero attached hydrogens (tertiary/aromatic N) is 4. The largest absolute Gasteiger partial charge is 0.454 e. The fourth-order valence-electron chi connectivity index (χ4n) is 3.33. The van der Waals surface area contributed by atoms with Crippen molar-refractivity contribution in [2.45, 2.75) is 6.92 Å². The fraction of sp³-hybridized carbons (Fsp3) is 0.0952. The van der Waals surface area contributed by atoms with Gasteiger partial charge in [-0.25, -0.2) is 10.1 Å². The second-order valence-electron chi connectivity index (χ2n) is 6.88. The second-order valence-corrected chi connectivity index (χ2v) is 7.91. The Labute approximate surface area is 184 Å². The number of aryl methyl sites for hydroxylation is 1. The second kappa shape index (κ2) is 7.78. The zero-order chi connectivity index (χ0) is 22.2. The summed E-state index contributed by atoms with van der Waals surface area (Å²) in [5.41, 5.74) is 4.11. The van der Waals surface area contributed by atoms with Crippen molar-refractivity contribution in [3.05, 3.63) is 74.8 Å². The van der Waals surface area contributed by atoms with Gasteiger partial charge in [-0.1, -0.05) is 18.2 Å². The van der Waals surface area contributed by atoms with Gasteiger partial charge in [0.25, 0.3) is 11.6 Å². The van der Waals surface area contributed by atoms with Crippen LogP contribution in [0.2, 0.25) is 0 Å². The number of thiophene rings is 1. The SMILES string of the molecule is Cc1nn(-c2ccccc2)c2sc(C(=O)N/N=C\c3cc4c(cc3[N+](=O)[O-])OCO4)cc12. The number of aromatic nitrogens is 2. The van der Waals surface area contributed by atoms with Crippen LogP contribution in [0.25, 0.3) is 15.9 Å². The molecule has 1 aliphatic rings. The summed E-state index contributed by atoms with van der Waals surface area (Å²) in [4.78, 5) is 24.7. The number of hydrogen-bond acceptors (Lipinski definition) is 8. The van der Waals surface area contributed by atoms with E-state index in [1.165, 1.54) is 29.7 Å². The molecule has 3 heterocycles. The van der Waals surface area contributed by atoms with Gasteiger partial charge in [0, 0.05) is 5.39 Å². The van der Waals surface area contributed by atoms with Gasteiger partial charge in [0.15, 0.2) is 11.5 Å². The minimum Gasteiger partial charge on any atom is -0.454 e. The molecule has 4 aromatic rings. The van der Waals surface area contributed by atoms with Crippen LogP contribution in [0, 0.1) is 17.0 Å². The van der Waals surface area contributed by atoms with Crippen LogP contribution in [-0.4, -0.2) is 33.6 Å². The van der Waals surface area contributed by atoms with Crippen molar-refractivity contribution in [2.75, 3.05) is 6.79 Å². The molecule has 0 atom stereocenters. The van der Waals surface area contributed by atoms with Crippen molar-refractivity contribution in [2.24, 2.45) is 5.10 Å². The van der Waals surface area contributed by atoms with E-state index in [0.717, 1.165) is 21.6 Å². The summed E-state index contributed by atoms with van der Waals surface area (Å²) >= 11 is 1.29. The molecular weight excluding hydrogens is 434 g/mol. The number of carbonyl (C=O) groups is 1. The molecule has 1 amide bonds. The first-order valence-corrected chi connectivity index (χ1v) is 10.3. The van der Waals surface area contributed by atoms with Crippen LogP contribution in [0.15, 0.2) is 53.6 Å². The van der Waals surface area contributed by atoms with E-state index in [9.17, 15) is 14.9 Å². The number of nitro benzene ring substituents is 1. The number of ether oxygens (including phenoxy) is 2. The summed E-state index contributed by atoms with van der Waals surface area (Å²) in [6, 6.07) is 14.1. The Morgan fingerprint density at radius 1 is 1.25 bits per heavy atom. The number of hydrogen-bond donors (Lipinski definition) is 1. The Balaban J connectivity index is 1.39. The van der Waals surface area contributed by atoms with Crippen LogP contribution in [0.3, 0.4) is 0 Å². The third-order valence-corrected chi connectivity index (χ3v) is 5.97. The predicted molar refractivity (Wildman–Crippen MR) is 118 cm³/mol. The van der Waals surface area contributed by atoms with E-state index in [0.29, 0.717) is 16.4 Å². The van der Waals surface area contributed by atoms with E-state index in [-0.39, 0.29) is 18.0 Å². The molecule has 0 spiro atoms. The lowest BCUT2D eigenvalue weighted by Crippen LogP contribution is -2.16.